The largest absolute Gasteiger partial charge is 0.496 e. The number of hydrogen-bond donors (Lipinski definition) is 2. The van der Waals surface area contributed by atoms with Crippen LogP contribution in [0.15, 0.2) is 30.3 Å². The van der Waals surface area contributed by atoms with Crippen molar-refractivity contribution in [2.45, 2.75) is 26.9 Å². The standard InChI is InChI=1S/C18H20N2O2/c1-11-4-7-16(12(2)17(11)22-3)20-18(21)13-5-6-14-9-19-10-15(14)8-13/h4-8,19H,9-10H2,1-3H3,(H,20,21). The summed E-state index contributed by atoms with van der Waals surface area (Å²) in [4.78, 5) is 12.5. The van der Waals surface area contributed by atoms with Crippen molar-refractivity contribution in [2.75, 3.05) is 12.4 Å². The number of aryl methyl sites for hydroxylation is 1. The molecular formula is C18H20N2O2. The van der Waals surface area contributed by atoms with Gasteiger partial charge in [-0.2, -0.15) is 0 Å². The molecule has 1 heterocycles. The molecule has 0 unspecified atom stereocenters. The minimum absolute atomic E-state index is 0.0938. The van der Waals surface area contributed by atoms with Crippen molar-refractivity contribution < 1.29 is 9.53 Å². The molecule has 0 atom stereocenters. The van der Waals surface area contributed by atoms with E-state index in [1.165, 1.54) is 11.1 Å². The molecule has 0 saturated carbocycles. The number of nitrogens with one attached hydrogen (secondary N) is 2. The molecule has 1 aliphatic rings. The number of methoxy groups -OCH3 is 1. The van der Waals surface area contributed by atoms with Gasteiger partial charge in [0.2, 0.25) is 0 Å². The van der Waals surface area contributed by atoms with Crippen molar-refractivity contribution in [1.82, 2.24) is 5.32 Å². The van der Waals surface area contributed by atoms with Gasteiger partial charge in [0.25, 0.3) is 5.91 Å². The van der Waals surface area contributed by atoms with Crippen molar-refractivity contribution in [3.8, 4) is 5.75 Å². The molecule has 0 radical (unpaired) electrons. The van der Waals surface area contributed by atoms with E-state index in [9.17, 15) is 4.79 Å². The summed E-state index contributed by atoms with van der Waals surface area (Å²) in [5.41, 5.74) is 5.93. The van der Waals surface area contributed by atoms with Crippen molar-refractivity contribution in [3.05, 3.63) is 58.1 Å². The zero-order valence-electron chi connectivity index (χ0n) is 13.1. The molecule has 0 fully saturated rings. The molecule has 0 saturated heterocycles. The quantitative estimate of drug-likeness (QED) is 0.914. The molecule has 2 N–H and O–H groups in total. The van der Waals surface area contributed by atoms with Gasteiger partial charge in [-0.1, -0.05) is 12.1 Å². The van der Waals surface area contributed by atoms with E-state index in [2.05, 4.69) is 10.6 Å². The number of amides is 1. The van der Waals surface area contributed by atoms with Gasteiger partial charge in [0, 0.05) is 29.9 Å². The first-order valence-corrected chi connectivity index (χ1v) is 7.38. The van der Waals surface area contributed by atoms with Gasteiger partial charge < -0.3 is 15.4 Å². The van der Waals surface area contributed by atoms with E-state index in [1.54, 1.807) is 7.11 Å². The summed E-state index contributed by atoms with van der Waals surface area (Å²) in [6, 6.07) is 9.73. The van der Waals surface area contributed by atoms with Crippen LogP contribution in [0.1, 0.15) is 32.6 Å². The topological polar surface area (TPSA) is 50.4 Å². The van der Waals surface area contributed by atoms with Crippen LogP contribution in [0.5, 0.6) is 5.75 Å². The fraction of sp³-hybridized carbons (Fsp3) is 0.278. The summed E-state index contributed by atoms with van der Waals surface area (Å²) in [5.74, 6) is 0.722. The van der Waals surface area contributed by atoms with Gasteiger partial charge in [0.15, 0.2) is 0 Å². The molecule has 4 nitrogen and oxygen atoms in total. The molecule has 3 rings (SSSR count). The lowest BCUT2D eigenvalue weighted by molar-refractivity contribution is 0.102. The Balaban J connectivity index is 1.86. The molecule has 1 amide bonds. The van der Waals surface area contributed by atoms with Crippen LogP contribution in [0.25, 0.3) is 0 Å². The van der Waals surface area contributed by atoms with Gasteiger partial charge in [0.05, 0.1) is 7.11 Å². The van der Waals surface area contributed by atoms with E-state index < -0.39 is 0 Å². The van der Waals surface area contributed by atoms with E-state index in [4.69, 9.17) is 4.74 Å². The Kier molecular flexibility index (Phi) is 3.86. The van der Waals surface area contributed by atoms with Gasteiger partial charge in [-0.3, -0.25) is 4.79 Å². The summed E-state index contributed by atoms with van der Waals surface area (Å²) < 4.78 is 5.40. The summed E-state index contributed by atoms with van der Waals surface area (Å²) in [6.45, 7) is 5.65. The number of carbonyl (C=O) groups is 1. The van der Waals surface area contributed by atoms with Crippen molar-refractivity contribution in [3.63, 3.8) is 0 Å². The number of carbonyl (C=O) groups excluding carboxylic acids is 1. The summed E-state index contributed by atoms with van der Waals surface area (Å²) in [7, 11) is 1.65. The second-order valence-corrected chi connectivity index (χ2v) is 5.63. The van der Waals surface area contributed by atoms with Crippen molar-refractivity contribution in [2.24, 2.45) is 0 Å². The first-order valence-electron chi connectivity index (χ1n) is 7.38. The van der Waals surface area contributed by atoms with Crippen LogP contribution in [0.3, 0.4) is 0 Å². The Morgan fingerprint density at radius 1 is 1.14 bits per heavy atom. The lowest BCUT2D eigenvalue weighted by atomic mass is 10.0. The highest BCUT2D eigenvalue weighted by atomic mass is 16.5. The van der Waals surface area contributed by atoms with Gasteiger partial charge >= 0.3 is 0 Å². The van der Waals surface area contributed by atoms with E-state index in [0.29, 0.717) is 5.56 Å². The smallest absolute Gasteiger partial charge is 0.255 e. The fourth-order valence-corrected chi connectivity index (χ4v) is 2.91. The molecule has 0 aliphatic carbocycles. The highest BCUT2D eigenvalue weighted by Crippen LogP contribution is 2.29. The third-order valence-corrected chi connectivity index (χ3v) is 4.15. The van der Waals surface area contributed by atoms with E-state index >= 15 is 0 Å². The van der Waals surface area contributed by atoms with Crippen molar-refractivity contribution >= 4 is 11.6 Å². The second-order valence-electron chi connectivity index (χ2n) is 5.63. The Hall–Kier alpha value is -2.33. The van der Waals surface area contributed by atoms with Gasteiger partial charge in [-0.15, -0.1) is 0 Å². The normalized spacial score (nSPS) is 12.9. The van der Waals surface area contributed by atoms with Crippen LogP contribution in [-0.4, -0.2) is 13.0 Å². The average Bonchev–Trinajstić information content (AvgIpc) is 2.98. The molecule has 0 bridgehead atoms. The highest BCUT2D eigenvalue weighted by Gasteiger charge is 2.15. The maximum absolute atomic E-state index is 12.5. The van der Waals surface area contributed by atoms with Gasteiger partial charge in [0.1, 0.15) is 5.75 Å². The number of hydrogen-bond acceptors (Lipinski definition) is 3. The first-order chi connectivity index (χ1) is 10.6. The van der Waals surface area contributed by atoms with Crippen LogP contribution in [0.4, 0.5) is 5.69 Å². The second kappa shape index (κ2) is 5.81. The molecule has 22 heavy (non-hydrogen) atoms. The molecule has 114 valence electrons. The lowest BCUT2D eigenvalue weighted by Crippen LogP contribution is -2.13. The Morgan fingerprint density at radius 2 is 1.91 bits per heavy atom. The summed E-state index contributed by atoms with van der Waals surface area (Å²) in [5, 5.41) is 6.27. The van der Waals surface area contributed by atoms with E-state index in [-0.39, 0.29) is 5.91 Å². The van der Waals surface area contributed by atoms with E-state index in [0.717, 1.165) is 35.7 Å². The third-order valence-electron chi connectivity index (χ3n) is 4.15. The fourth-order valence-electron chi connectivity index (χ4n) is 2.91. The maximum atomic E-state index is 12.5. The molecular weight excluding hydrogens is 276 g/mol. The zero-order chi connectivity index (χ0) is 15.7. The zero-order valence-corrected chi connectivity index (χ0v) is 13.1. The molecule has 0 aromatic heterocycles. The minimum atomic E-state index is -0.0938. The minimum Gasteiger partial charge on any atom is -0.496 e. The van der Waals surface area contributed by atoms with Crippen LogP contribution < -0.4 is 15.4 Å². The lowest BCUT2D eigenvalue weighted by Gasteiger charge is -2.14. The predicted octanol–water partition coefficient (Wildman–Crippen LogP) is 3.17. The molecule has 1 aliphatic heterocycles. The number of ether oxygens (including phenoxy) is 1. The number of benzene rings is 2. The Bertz CT molecular complexity index is 738. The molecule has 4 heteroatoms. The monoisotopic (exact) mass is 296 g/mol. The van der Waals surface area contributed by atoms with Gasteiger partial charge in [-0.25, -0.2) is 0 Å². The molecule has 2 aromatic carbocycles. The SMILES string of the molecule is COc1c(C)ccc(NC(=O)c2ccc3c(c2)CNC3)c1C. The van der Waals surface area contributed by atoms with Crippen LogP contribution in [-0.2, 0) is 13.1 Å². The first kappa shape index (κ1) is 14.6. The van der Waals surface area contributed by atoms with Crippen LogP contribution in [0, 0.1) is 13.8 Å². The Morgan fingerprint density at radius 3 is 2.68 bits per heavy atom. The van der Waals surface area contributed by atoms with Crippen LogP contribution >= 0.6 is 0 Å². The van der Waals surface area contributed by atoms with E-state index in [1.807, 2.05) is 44.2 Å². The van der Waals surface area contributed by atoms with Crippen molar-refractivity contribution in [1.29, 1.82) is 0 Å². The van der Waals surface area contributed by atoms with Gasteiger partial charge in [-0.05, 0) is 48.7 Å². The predicted molar refractivity (Wildman–Crippen MR) is 87.4 cm³/mol. The maximum Gasteiger partial charge on any atom is 0.255 e. The highest BCUT2D eigenvalue weighted by molar-refractivity contribution is 6.05. The summed E-state index contributed by atoms with van der Waals surface area (Å²) in [6.07, 6.45) is 0. The summed E-state index contributed by atoms with van der Waals surface area (Å²) >= 11 is 0. The van der Waals surface area contributed by atoms with Crippen LogP contribution in [0.2, 0.25) is 0 Å². The molecule has 0 spiro atoms. The third kappa shape index (κ3) is 2.57. The number of rotatable bonds is 3. The Labute approximate surface area is 130 Å². The number of anilines is 1. The number of fused-ring (bicyclic) bond motifs is 1. The molecule has 2 aromatic rings. The average molecular weight is 296 g/mol.